The van der Waals surface area contributed by atoms with Gasteiger partial charge < -0.3 is 10.1 Å². The van der Waals surface area contributed by atoms with Gasteiger partial charge in [-0.05, 0) is 18.2 Å². The highest BCUT2D eigenvalue weighted by Crippen LogP contribution is 2.22. The molecule has 0 spiro atoms. The van der Waals surface area contributed by atoms with E-state index in [1.165, 1.54) is 37.6 Å². The minimum atomic E-state index is -0.505. The van der Waals surface area contributed by atoms with Crippen LogP contribution in [0.3, 0.4) is 0 Å². The van der Waals surface area contributed by atoms with Crippen molar-refractivity contribution in [3.63, 3.8) is 0 Å². The van der Waals surface area contributed by atoms with E-state index in [2.05, 4.69) is 10.1 Å². The van der Waals surface area contributed by atoms with Gasteiger partial charge in [0.05, 0.1) is 17.8 Å². The smallest absolute Gasteiger partial charge is 0.331 e. The maximum absolute atomic E-state index is 12.8. The molecule has 0 unspecified atom stereocenters. The Hall–Kier alpha value is -1.55. The van der Waals surface area contributed by atoms with Gasteiger partial charge in [0.1, 0.15) is 5.82 Å². The molecule has 0 radical (unpaired) electrons. The van der Waals surface area contributed by atoms with Crippen LogP contribution >= 0.6 is 11.6 Å². The fourth-order valence-electron chi connectivity index (χ4n) is 0.876. The standard InChI is InChI=1S/C10H9ClFNO2/c1-15-10(14)4-5-13-9-6-7(12)2-3-8(9)11/h2-6,13H,1H3/b5-4+. The Labute approximate surface area is 91.5 Å². The topological polar surface area (TPSA) is 38.3 Å². The van der Waals surface area contributed by atoms with Crippen LogP contribution in [0.25, 0.3) is 0 Å². The van der Waals surface area contributed by atoms with Crippen molar-refractivity contribution in [1.82, 2.24) is 0 Å². The molecule has 1 aromatic rings. The molecule has 0 saturated carbocycles. The van der Waals surface area contributed by atoms with Gasteiger partial charge in [0, 0.05) is 12.3 Å². The van der Waals surface area contributed by atoms with Crippen molar-refractivity contribution in [2.45, 2.75) is 0 Å². The van der Waals surface area contributed by atoms with E-state index in [0.29, 0.717) is 10.7 Å². The van der Waals surface area contributed by atoms with E-state index in [1.54, 1.807) is 0 Å². The third kappa shape index (κ3) is 3.59. The van der Waals surface area contributed by atoms with E-state index < -0.39 is 11.8 Å². The Balaban J connectivity index is 2.68. The Kier molecular flexibility index (Phi) is 4.12. The van der Waals surface area contributed by atoms with Crippen molar-refractivity contribution in [2.24, 2.45) is 0 Å². The molecule has 0 atom stereocenters. The normalized spacial score (nSPS) is 10.3. The number of benzene rings is 1. The molecule has 0 amide bonds. The average Bonchev–Trinajstić information content (AvgIpc) is 2.23. The Bertz CT molecular complexity index is 393. The van der Waals surface area contributed by atoms with Gasteiger partial charge in [-0.1, -0.05) is 11.6 Å². The second-order valence-electron chi connectivity index (χ2n) is 2.62. The lowest BCUT2D eigenvalue weighted by Crippen LogP contribution is -1.97. The number of esters is 1. The number of ether oxygens (including phenoxy) is 1. The van der Waals surface area contributed by atoms with Gasteiger partial charge in [-0.2, -0.15) is 0 Å². The number of halogens is 2. The third-order valence-corrected chi connectivity index (χ3v) is 1.92. The van der Waals surface area contributed by atoms with Crippen molar-refractivity contribution in [1.29, 1.82) is 0 Å². The molecule has 1 aromatic carbocycles. The number of nitrogens with one attached hydrogen (secondary N) is 1. The summed E-state index contributed by atoms with van der Waals surface area (Å²) < 4.78 is 17.2. The van der Waals surface area contributed by atoms with Gasteiger partial charge in [0.2, 0.25) is 0 Å². The number of carbonyl (C=O) groups excluding carboxylic acids is 1. The van der Waals surface area contributed by atoms with E-state index in [4.69, 9.17) is 11.6 Å². The molecule has 0 aromatic heterocycles. The fourth-order valence-corrected chi connectivity index (χ4v) is 1.05. The molecule has 3 nitrogen and oxygen atoms in total. The summed E-state index contributed by atoms with van der Waals surface area (Å²) in [5.41, 5.74) is 0.386. The number of hydrogen-bond donors (Lipinski definition) is 1. The summed E-state index contributed by atoms with van der Waals surface area (Å²) in [6.07, 6.45) is 2.49. The molecule has 0 aliphatic rings. The predicted octanol–water partition coefficient (Wildman–Crippen LogP) is 2.58. The summed E-state index contributed by atoms with van der Waals surface area (Å²) >= 11 is 5.77. The summed E-state index contributed by atoms with van der Waals surface area (Å²) in [7, 11) is 1.27. The second-order valence-corrected chi connectivity index (χ2v) is 3.03. The van der Waals surface area contributed by atoms with Crippen LogP contribution in [0.5, 0.6) is 0 Å². The zero-order chi connectivity index (χ0) is 11.3. The summed E-state index contributed by atoms with van der Waals surface area (Å²) in [6, 6.07) is 3.90. The molecule has 0 bridgehead atoms. The molecule has 15 heavy (non-hydrogen) atoms. The van der Waals surface area contributed by atoms with Crippen LogP contribution in [-0.4, -0.2) is 13.1 Å². The van der Waals surface area contributed by atoms with Gasteiger partial charge in [-0.3, -0.25) is 0 Å². The molecular formula is C10H9ClFNO2. The van der Waals surface area contributed by atoms with E-state index in [9.17, 15) is 9.18 Å². The summed E-state index contributed by atoms with van der Waals surface area (Å²) in [4.78, 5) is 10.7. The largest absolute Gasteiger partial charge is 0.466 e. The average molecular weight is 230 g/mol. The molecular weight excluding hydrogens is 221 g/mol. The van der Waals surface area contributed by atoms with Crippen LogP contribution in [0, 0.1) is 5.82 Å². The maximum atomic E-state index is 12.8. The van der Waals surface area contributed by atoms with Crippen LogP contribution in [0.2, 0.25) is 5.02 Å². The number of rotatable bonds is 3. The molecule has 0 aliphatic carbocycles. The van der Waals surface area contributed by atoms with Crippen molar-refractivity contribution in [3.05, 3.63) is 41.3 Å². The van der Waals surface area contributed by atoms with Gasteiger partial charge in [0.15, 0.2) is 0 Å². The number of hydrogen-bond acceptors (Lipinski definition) is 3. The highest BCUT2D eigenvalue weighted by molar-refractivity contribution is 6.33. The summed E-state index contributed by atoms with van der Waals surface area (Å²) in [5, 5.41) is 3.03. The first-order valence-electron chi connectivity index (χ1n) is 4.09. The van der Waals surface area contributed by atoms with Gasteiger partial charge >= 0.3 is 5.97 Å². The molecule has 1 rings (SSSR count). The minimum Gasteiger partial charge on any atom is -0.466 e. The van der Waals surface area contributed by atoms with Crippen molar-refractivity contribution < 1.29 is 13.9 Å². The monoisotopic (exact) mass is 229 g/mol. The molecule has 0 fully saturated rings. The number of anilines is 1. The first-order chi connectivity index (χ1) is 7.13. The SMILES string of the molecule is COC(=O)/C=C/Nc1cc(F)ccc1Cl. The predicted molar refractivity (Wildman–Crippen MR) is 56.2 cm³/mol. The van der Waals surface area contributed by atoms with Crippen LogP contribution in [0.15, 0.2) is 30.5 Å². The van der Waals surface area contributed by atoms with Gasteiger partial charge in [0.25, 0.3) is 0 Å². The fraction of sp³-hybridized carbons (Fsp3) is 0.100. The van der Waals surface area contributed by atoms with E-state index >= 15 is 0 Å². The zero-order valence-corrected chi connectivity index (χ0v) is 8.72. The zero-order valence-electron chi connectivity index (χ0n) is 7.96. The Morgan fingerprint density at radius 3 is 3.00 bits per heavy atom. The quantitative estimate of drug-likeness (QED) is 0.640. The molecule has 0 saturated heterocycles. The molecule has 5 heteroatoms. The highest BCUT2D eigenvalue weighted by Gasteiger charge is 1.99. The van der Waals surface area contributed by atoms with E-state index in [0.717, 1.165) is 0 Å². The first-order valence-corrected chi connectivity index (χ1v) is 4.47. The van der Waals surface area contributed by atoms with Crippen molar-refractivity contribution >= 4 is 23.3 Å². The second kappa shape index (κ2) is 5.36. The molecule has 1 N–H and O–H groups in total. The van der Waals surface area contributed by atoms with Crippen LogP contribution in [0.1, 0.15) is 0 Å². The third-order valence-electron chi connectivity index (χ3n) is 1.59. The van der Waals surface area contributed by atoms with Crippen molar-refractivity contribution in [3.8, 4) is 0 Å². The Morgan fingerprint density at radius 1 is 1.60 bits per heavy atom. The minimum absolute atomic E-state index is 0.367. The van der Waals surface area contributed by atoms with E-state index in [-0.39, 0.29) is 0 Å². The van der Waals surface area contributed by atoms with Crippen LogP contribution in [0.4, 0.5) is 10.1 Å². The maximum Gasteiger partial charge on any atom is 0.331 e. The molecule has 0 aliphatic heterocycles. The van der Waals surface area contributed by atoms with E-state index in [1.807, 2.05) is 0 Å². The highest BCUT2D eigenvalue weighted by atomic mass is 35.5. The number of carbonyl (C=O) groups is 1. The van der Waals surface area contributed by atoms with Gasteiger partial charge in [-0.25, -0.2) is 9.18 Å². The van der Waals surface area contributed by atoms with Crippen LogP contribution < -0.4 is 5.32 Å². The molecule has 0 heterocycles. The van der Waals surface area contributed by atoms with Gasteiger partial charge in [-0.15, -0.1) is 0 Å². The lowest BCUT2D eigenvalue weighted by atomic mass is 10.3. The Morgan fingerprint density at radius 2 is 2.33 bits per heavy atom. The lowest BCUT2D eigenvalue weighted by Gasteiger charge is -2.02. The van der Waals surface area contributed by atoms with Crippen molar-refractivity contribution in [2.75, 3.05) is 12.4 Å². The molecule has 80 valence electrons. The summed E-state index contributed by atoms with van der Waals surface area (Å²) in [6.45, 7) is 0. The first kappa shape index (κ1) is 11.5. The van der Waals surface area contributed by atoms with Crippen LogP contribution in [-0.2, 0) is 9.53 Å². The lowest BCUT2D eigenvalue weighted by molar-refractivity contribution is -0.134. The number of methoxy groups -OCH3 is 1. The summed E-state index contributed by atoms with van der Waals surface area (Å²) in [5.74, 6) is -0.914.